The molecule has 1 nitrogen and oxygen atoms in total. The van der Waals surface area contributed by atoms with E-state index >= 15 is 0 Å². The molecule has 0 fully saturated rings. The molecule has 3 rings (SSSR count). The Morgan fingerprint density at radius 2 is 1.46 bits per heavy atom. The fraction of sp³-hybridized carbons (Fsp3) is 0.348. The highest BCUT2D eigenvalue weighted by Crippen LogP contribution is 2.29. The van der Waals surface area contributed by atoms with E-state index in [4.69, 9.17) is 4.98 Å². The van der Waals surface area contributed by atoms with E-state index in [-0.39, 0.29) is 0 Å². The molecule has 0 spiro atoms. The van der Waals surface area contributed by atoms with Crippen molar-refractivity contribution in [3.05, 3.63) is 64.7 Å². The maximum atomic E-state index is 5.01. The number of nitrogens with zero attached hydrogens (tertiary/aromatic N) is 1. The molecule has 0 saturated heterocycles. The number of aryl methyl sites for hydroxylation is 4. The Balaban J connectivity index is 2.24. The number of pyridine rings is 1. The second-order valence-electron chi connectivity index (χ2n) is 6.85. The molecule has 1 heterocycles. The van der Waals surface area contributed by atoms with E-state index in [1.54, 1.807) is 0 Å². The van der Waals surface area contributed by atoms with E-state index in [1.165, 1.54) is 39.6 Å². The van der Waals surface area contributed by atoms with E-state index < -0.39 is 0 Å². The summed E-state index contributed by atoms with van der Waals surface area (Å²) < 4.78 is 0. The van der Waals surface area contributed by atoms with Gasteiger partial charge in [0.25, 0.3) is 0 Å². The maximum Gasteiger partial charge on any atom is 0.0715 e. The van der Waals surface area contributed by atoms with Crippen molar-refractivity contribution < 1.29 is 0 Å². The fourth-order valence-electron chi connectivity index (χ4n) is 3.66. The van der Waals surface area contributed by atoms with E-state index in [0.29, 0.717) is 0 Å². The quantitative estimate of drug-likeness (QED) is 0.529. The summed E-state index contributed by atoms with van der Waals surface area (Å²) in [5.74, 6) is 0. The summed E-state index contributed by atoms with van der Waals surface area (Å²) in [6, 6.07) is 15.6. The van der Waals surface area contributed by atoms with Gasteiger partial charge in [-0.15, -0.1) is 0 Å². The van der Waals surface area contributed by atoms with Gasteiger partial charge in [-0.25, -0.2) is 4.98 Å². The normalized spacial score (nSPS) is 11.2. The first kappa shape index (κ1) is 16.7. The van der Waals surface area contributed by atoms with Crippen LogP contribution in [0.3, 0.4) is 0 Å². The van der Waals surface area contributed by atoms with Crippen LogP contribution < -0.4 is 0 Å². The molecule has 2 aromatic carbocycles. The Kier molecular flexibility index (Phi) is 4.99. The monoisotopic (exact) mass is 317 g/mol. The minimum Gasteiger partial charge on any atom is -0.248 e. The minimum atomic E-state index is 1.10. The first-order valence-electron chi connectivity index (χ1n) is 9.12. The summed E-state index contributed by atoms with van der Waals surface area (Å²) >= 11 is 0. The predicted molar refractivity (Wildman–Crippen MR) is 105 cm³/mol. The molecule has 0 atom stereocenters. The van der Waals surface area contributed by atoms with Crippen LogP contribution in [0, 0.1) is 13.8 Å². The van der Waals surface area contributed by atoms with E-state index in [2.05, 4.69) is 70.2 Å². The molecule has 124 valence electrons. The number of hydrogen-bond donors (Lipinski definition) is 0. The van der Waals surface area contributed by atoms with Crippen molar-refractivity contribution in [2.45, 2.75) is 53.4 Å². The van der Waals surface area contributed by atoms with Gasteiger partial charge in [-0.2, -0.15) is 0 Å². The molecule has 0 aliphatic heterocycles. The Morgan fingerprint density at radius 3 is 2.12 bits per heavy atom. The number of aromatic nitrogens is 1. The second-order valence-corrected chi connectivity index (χ2v) is 6.85. The van der Waals surface area contributed by atoms with Crippen LogP contribution in [0.15, 0.2) is 42.5 Å². The fourth-order valence-corrected chi connectivity index (χ4v) is 3.66. The van der Waals surface area contributed by atoms with Crippen molar-refractivity contribution in [1.29, 1.82) is 0 Å². The van der Waals surface area contributed by atoms with Gasteiger partial charge in [0.2, 0.25) is 0 Å². The van der Waals surface area contributed by atoms with Gasteiger partial charge >= 0.3 is 0 Å². The van der Waals surface area contributed by atoms with Crippen molar-refractivity contribution in [3.63, 3.8) is 0 Å². The van der Waals surface area contributed by atoms with Crippen LogP contribution in [-0.4, -0.2) is 4.98 Å². The average Bonchev–Trinajstić information content (AvgIpc) is 2.54. The number of hydrogen-bond acceptors (Lipinski definition) is 1. The van der Waals surface area contributed by atoms with Gasteiger partial charge in [0.1, 0.15) is 0 Å². The summed E-state index contributed by atoms with van der Waals surface area (Å²) in [5, 5.41) is 1.38. The third-order valence-electron chi connectivity index (χ3n) is 4.56. The smallest absolute Gasteiger partial charge is 0.0715 e. The largest absolute Gasteiger partial charge is 0.248 e. The minimum absolute atomic E-state index is 1.10. The van der Waals surface area contributed by atoms with Crippen molar-refractivity contribution in [1.82, 2.24) is 4.98 Å². The second kappa shape index (κ2) is 7.17. The number of fused-ring (bicyclic) bond motifs is 1. The topological polar surface area (TPSA) is 12.9 Å². The van der Waals surface area contributed by atoms with Gasteiger partial charge in [-0.3, -0.25) is 0 Å². The van der Waals surface area contributed by atoms with Gasteiger partial charge in [0.05, 0.1) is 11.2 Å². The SMILES string of the molecule is CCCc1cccc2nc(-c3cc(C)cc(C)c3)cc(CCC)c12. The third kappa shape index (κ3) is 3.36. The van der Waals surface area contributed by atoms with Crippen LogP contribution >= 0.6 is 0 Å². The molecule has 0 aliphatic rings. The summed E-state index contributed by atoms with van der Waals surface area (Å²) in [6.45, 7) is 8.81. The van der Waals surface area contributed by atoms with Crippen LogP contribution in [0.25, 0.3) is 22.2 Å². The summed E-state index contributed by atoms with van der Waals surface area (Å²) in [5.41, 5.74) is 8.95. The van der Waals surface area contributed by atoms with Crippen LogP contribution in [0.2, 0.25) is 0 Å². The van der Waals surface area contributed by atoms with Crippen LogP contribution in [0.1, 0.15) is 48.9 Å². The van der Waals surface area contributed by atoms with Crippen molar-refractivity contribution in [3.8, 4) is 11.3 Å². The standard InChI is InChI=1S/C23H27N/c1-5-8-18-10-7-11-21-23(18)19(9-6-2)15-22(24-21)20-13-16(3)12-17(4)14-20/h7,10-15H,5-6,8-9H2,1-4H3. The first-order chi connectivity index (χ1) is 11.6. The molecule has 1 heteroatoms. The van der Waals surface area contributed by atoms with E-state index in [0.717, 1.165) is 30.5 Å². The zero-order valence-corrected chi connectivity index (χ0v) is 15.3. The zero-order valence-electron chi connectivity index (χ0n) is 15.3. The molecule has 0 aliphatic carbocycles. The van der Waals surface area contributed by atoms with Crippen molar-refractivity contribution in [2.75, 3.05) is 0 Å². The molecule has 0 bridgehead atoms. The zero-order chi connectivity index (χ0) is 17.1. The lowest BCUT2D eigenvalue weighted by Gasteiger charge is -2.14. The lowest BCUT2D eigenvalue weighted by atomic mass is 9.95. The summed E-state index contributed by atoms with van der Waals surface area (Å²) in [4.78, 5) is 5.01. The number of rotatable bonds is 5. The Labute approximate surface area is 145 Å². The molecule has 0 N–H and O–H groups in total. The van der Waals surface area contributed by atoms with Gasteiger partial charge in [-0.05, 0) is 62.1 Å². The molecule has 3 aromatic rings. The molecule has 0 unspecified atom stereocenters. The highest BCUT2D eigenvalue weighted by atomic mass is 14.7. The molecule has 0 saturated carbocycles. The van der Waals surface area contributed by atoms with Crippen LogP contribution in [0.4, 0.5) is 0 Å². The molecule has 1 aromatic heterocycles. The van der Waals surface area contributed by atoms with Crippen molar-refractivity contribution in [2.24, 2.45) is 0 Å². The summed E-state index contributed by atoms with van der Waals surface area (Å²) in [7, 11) is 0. The molecule has 24 heavy (non-hydrogen) atoms. The highest BCUT2D eigenvalue weighted by molar-refractivity contribution is 5.88. The molecular weight excluding hydrogens is 290 g/mol. The van der Waals surface area contributed by atoms with Gasteiger partial charge in [-0.1, -0.05) is 56.0 Å². The molecule has 0 amide bonds. The van der Waals surface area contributed by atoms with Gasteiger partial charge in [0, 0.05) is 10.9 Å². The lowest BCUT2D eigenvalue weighted by molar-refractivity contribution is 0.910. The third-order valence-corrected chi connectivity index (χ3v) is 4.56. The van der Waals surface area contributed by atoms with Crippen LogP contribution in [0.5, 0.6) is 0 Å². The number of benzene rings is 2. The van der Waals surface area contributed by atoms with E-state index in [9.17, 15) is 0 Å². The maximum absolute atomic E-state index is 5.01. The van der Waals surface area contributed by atoms with Crippen molar-refractivity contribution >= 4 is 10.9 Å². The highest BCUT2D eigenvalue weighted by Gasteiger charge is 2.11. The summed E-state index contributed by atoms with van der Waals surface area (Å²) in [6.07, 6.45) is 4.56. The lowest BCUT2D eigenvalue weighted by Crippen LogP contribution is -1.97. The average molecular weight is 317 g/mol. The Hall–Kier alpha value is -2.15. The van der Waals surface area contributed by atoms with Gasteiger partial charge < -0.3 is 0 Å². The Bertz CT molecular complexity index is 841. The van der Waals surface area contributed by atoms with Gasteiger partial charge in [0.15, 0.2) is 0 Å². The molecular formula is C23H27N. The van der Waals surface area contributed by atoms with E-state index in [1.807, 2.05) is 0 Å². The predicted octanol–water partition coefficient (Wildman–Crippen LogP) is 6.42. The molecule has 0 radical (unpaired) electrons. The van der Waals surface area contributed by atoms with Crippen LogP contribution in [-0.2, 0) is 12.8 Å². The first-order valence-corrected chi connectivity index (χ1v) is 9.12. The Morgan fingerprint density at radius 1 is 0.792 bits per heavy atom.